The minimum Gasteiger partial charge on any atom is -0.507 e. The van der Waals surface area contributed by atoms with Crippen LogP contribution < -0.4 is 5.32 Å². The molecule has 1 aliphatic rings. The molecule has 1 aliphatic heterocycles. The summed E-state index contributed by atoms with van der Waals surface area (Å²) in [7, 11) is 0. The second-order valence-corrected chi connectivity index (χ2v) is 7.32. The third kappa shape index (κ3) is 3.78. The predicted octanol–water partition coefficient (Wildman–Crippen LogP) is 3.79. The average Bonchev–Trinajstić information content (AvgIpc) is 3.14. The molecule has 3 rings (SSSR count). The molecule has 0 radical (unpaired) electrons. The van der Waals surface area contributed by atoms with Crippen molar-refractivity contribution in [2.24, 2.45) is 0 Å². The zero-order chi connectivity index (χ0) is 20.4. The summed E-state index contributed by atoms with van der Waals surface area (Å²) in [6, 6.07) is 7.64. The van der Waals surface area contributed by atoms with Crippen LogP contribution in [0.4, 0.5) is 0 Å². The van der Waals surface area contributed by atoms with Gasteiger partial charge >= 0.3 is 0 Å². The summed E-state index contributed by atoms with van der Waals surface area (Å²) in [5.74, 6) is -1.10. The lowest BCUT2D eigenvalue weighted by molar-refractivity contribution is 0.0732. The molecule has 1 atom stereocenters. The Hall–Kier alpha value is -2.73. The first-order valence-corrected chi connectivity index (χ1v) is 9.62. The van der Waals surface area contributed by atoms with Crippen LogP contribution in [0.25, 0.3) is 0 Å². The number of nitrogens with zero attached hydrogens (tertiary/aromatic N) is 1. The molecule has 0 aromatic heterocycles. The second kappa shape index (κ2) is 8.10. The summed E-state index contributed by atoms with van der Waals surface area (Å²) in [5.41, 5.74) is 2.51. The SMILES string of the molecule is CCNC(=O)c1ccc(C)c(C2CCCN2C(=O)c2cc(Cl)c(O)cc2O)c1. The molecular weight excluding hydrogens is 380 g/mol. The third-order valence-corrected chi connectivity index (χ3v) is 5.35. The van der Waals surface area contributed by atoms with E-state index >= 15 is 0 Å². The van der Waals surface area contributed by atoms with Gasteiger partial charge in [-0.3, -0.25) is 9.59 Å². The molecular formula is C21H23ClN2O4. The zero-order valence-electron chi connectivity index (χ0n) is 15.8. The van der Waals surface area contributed by atoms with Crippen LogP contribution in [0.15, 0.2) is 30.3 Å². The number of hydrogen-bond donors (Lipinski definition) is 3. The van der Waals surface area contributed by atoms with Gasteiger partial charge in [0.05, 0.1) is 16.6 Å². The molecule has 0 aliphatic carbocycles. The smallest absolute Gasteiger partial charge is 0.258 e. The minimum absolute atomic E-state index is 0.00584. The highest BCUT2D eigenvalue weighted by molar-refractivity contribution is 6.32. The number of carbonyl (C=O) groups is 2. The van der Waals surface area contributed by atoms with Gasteiger partial charge in [0.2, 0.25) is 0 Å². The minimum atomic E-state index is -0.357. The maximum atomic E-state index is 13.1. The lowest BCUT2D eigenvalue weighted by atomic mass is 9.96. The molecule has 1 heterocycles. The summed E-state index contributed by atoms with van der Waals surface area (Å²) >= 11 is 5.92. The normalized spacial score (nSPS) is 16.2. The number of benzene rings is 2. The molecule has 1 unspecified atom stereocenters. The number of halogens is 1. The number of phenols is 2. The molecule has 2 aromatic rings. The van der Waals surface area contributed by atoms with E-state index in [1.807, 2.05) is 26.0 Å². The molecule has 2 aromatic carbocycles. The zero-order valence-corrected chi connectivity index (χ0v) is 16.6. The Kier molecular flexibility index (Phi) is 5.79. The standard InChI is InChI=1S/C21H23ClN2O4/c1-3-23-20(27)13-7-6-12(2)14(9-13)17-5-4-8-24(17)21(28)15-10-16(22)19(26)11-18(15)25/h6-7,9-11,17,25-26H,3-5,8H2,1-2H3,(H,23,27). The average molecular weight is 403 g/mol. The van der Waals surface area contributed by atoms with Crippen molar-refractivity contribution >= 4 is 23.4 Å². The van der Waals surface area contributed by atoms with Crippen molar-refractivity contribution in [3.8, 4) is 11.5 Å². The van der Waals surface area contributed by atoms with Crippen LogP contribution in [0.5, 0.6) is 11.5 Å². The van der Waals surface area contributed by atoms with Crippen molar-refractivity contribution in [1.82, 2.24) is 10.2 Å². The van der Waals surface area contributed by atoms with E-state index in [0.717, 1.165) is 30.0 Å². The van der Waals surface area contributed by atoms with Crippen molar-refractivity contribution in [3.05, 3.63) is 57.6 Å². The highest BCUT2D eigenvalue weighted by Crippen LogP contribution is 2.38. The first-order chi connectivity index (χ1) is 13.3. The molecule has 1 saturated heterocycles. The Labute approximate surface area is 168 Å². The Balaban J connectivity index is 1.95. The second-order valence-electron chi connectivity index (χ2n) is 6.91. The Morgan fingerprint density at radius 3 is 2.68 bits per heavy atom. The monoisotopic (exact) mass is 402 g/mol. The van der Waals surface area contributed by atoms with E-state index < -0.39 is 0 Å². The number of likely N-dealkylation sites (tertiary alicyclic amines) is 1. The molecule has 28 heavy (non-hydrogen) atoms. The summed E-state index contributed by atoms with van der Waals surface area (Å²) in [6.07, 6.45) is 1.58. The molecule has 0 saturated carbocycles. The number of hydrogen-bond acceptors (Lipinski definition) is 4. The van der Waals surface area contributed by atoms with Gasteiger partial charge in [-0.05, 0) is 56.0 Å². The maximum Gasteiger partial charge on any atom is 0.258 e. The van der Waals surface area contributed by atoms with Crippen molar-refractivity contribution in [3.63, 3.8) is 0 Å². The highest BCUT2D eigenvalue weighted by Gasteiger charge is 2.33. The van der Waals surface area contributed by atoms with E-state index in [9.17, 15) is 19.8 Å². The predicted molar refractivity (Wildman–Crippen MR) is 107 cm³/mol. The fourth-order valence-electron chi connectivity index (χ4n) is 3.61. The van der Waals surface area contributed by atoms with Crippen LogP contribution in [-0.2, 0) is 0 Å². The summed E-state index contributed by atoms with van der Waals surface area (Å²) < 4.78 is 0. The van der Waals surface area contributed by atoms with Crippen LogP contribution in [0.3, 0.4) is 0 Å². The molecule has 0 spiro atoms. The van der Waals surface area contributed by atoms with Gasteiger partial charge in [0.1, 0.15) is 11.5 Å². The van der Waals surface area contributed by atoms with Crippen molar-refractivity contribution < 1.29 is 19.8 Å². The molecule has 7 heteroatoms. The molecule has 1 fully saturated rings. The Bertz CT molecular complexity index is 929. The van der Waals surface area contributed by atoms with Crippen molar-refractivity contribution in [2.45, 2.75) is 32.7 Å². The summed E-state index contributed by atoms with van der Waals surface area (Å²) in [4.78, 5) is 27.0. The number of amides is 2. The lowest BCUT2D eigenvalue weighted by Crippen LogP contribution is -2.31. The van der Waals surface area contributed by atoms with Gasteiger partial charge in [-0.15, -0.1) is 0 Å². The van der Waals surface area contributed by atoms with Gasteiger partial charge in [-0.2, -0.15) is 0 Å². The summed E-state index contributed by atoms with van der Waals surface area (Å²) in [5, 5.41) is 22.5. The van der Waals surface area contributed by atoms with Gasteiger partial charge in [0.15, 0.2) is 0 Å². The van der Waals surface area contributed by atoms with Crippen LogP contribution in [-0.4, -0.2) is 40.0 Å². The van der Waals surface area contributed by atoms with Gasteiger partial charge < -0.3 is 20.4 Å². The van der Waals surface area contributed by atoms with Gasteiger partial charge in [-0.1, -0.05) is 17.7 Å². The number of rotatable bonds is 4. The Morgan fingerprint density at radius 1 is 1.21 bits per heavy atom. The lowest BCUT2D eigenvalue weighted by Gasteiger charge is -2.27. The van der Waals surface area contributed by atoms with Crippen molar-refractivity contribution in [2.75, 3.05) is 13.1 Å². The van der Waals surface area contributed by atoms with Gasteiger partial charge in [0, 0.05) is 24.7 Å². The maximum absolute atomic E-state index is 13.1. The number of phenolic OH excluding ortho intramolecular Hbond substituents is 2. The summed E-state index contributed by atoms with van der Waals surface area (Å²) in [6.45, 7) is 4.88. The third-order valence-electron chi connectivity index (χ3n) is 5.05. The van der Waals surface area contributed by atoms with Gasteiger partial charge in [-0.25, -0.2) is 0 Å². The molecule has 3 N–H and O–H groups in total. The molecule has 2 amide bonds. The first-order valence-electron chi connectivity index (χ1n) is 9.24. The van der Waals surface area contributed by atoms with E-state index in [2.05, 4.69) is 5.32 Å². The van der Waals surface area contributed by atoms with E-state index in [0.29, 0.717) is 18.7 Å². The van der Waals surface area contributed by atoms with Crippen LogP contribution in [0.1, 0.15) is 57.7 Å². The topological polar surface area (TPSA) is 89.9 Å². The van der Waals surface area contributed by atoms with E-state index in [-0.39, 0.29) is 39.9 Å². The molecule has 0 bridgehead atoms. The fourth-order valence-corrected chi connectivity index (χ4v) is 3.78. The number of carbonyl (C=O) groups excluding carboxylic acids is 2. The highest BCUT2D eigenvalue weighted by atomic mass is 35.5. The largest absolute Gasteiger partial charge is 0.507 e. The van der Waals surface area contributed by atoms with Crippen LogP contribution in [0, 0.1) is 6.92 Å². The fraction of sp³-hybridized carbons (Fsp3) is 0.333. The molecule has 6 nitrogen and oxygen atoms in total. The van der Waals surface area contributed by atoms with E-state index in [4.69, 9.17) is 11.6 Å². The molecule has 148 valence electrons. The Morgan fingerprint density at radius 2 is 1.96 bits per heavy atom. The first kappa shape index (κ1) is 20.0. The quantitative estimate of drug-likeness (QED) is 0.725. The van der Waals surface area contributed by atoms with Crippen LogP contribution >= 0.6 is 11.6 Å². The number of aryl methyl sites for hydroxylation is 1. The van der Waals surface area contributed by atoms with Crippen molar-refractivity contribution in [1.29, 1.82) is 0 Å². The number of nitrogens with one attached hydrogen (secondary N) is 1. The van der Waals surface area contributed by atoms with Crippen LogP contribution in [0.2, 0.25) is 5.02 Å². The van der Waals surface area contributed by atoms with E-state index in [1.54, 1.807) is 11.0 Å². The van der Waals surface area contributed by atoms with E-state index in [1.165, 1.54) is 6.07 Å². The van der Waals surface area contributed by atoms with Gasteiger partial charge in [0.25, 0.3) is 11.8 Å². The number of aromatic hydroxyl groups is 2.